The van der Waals surface area contributed by atoms with Crippen molar-refractivity contribution in [2.75, 3.05) is 4.43 Å². The normalized spacial score (nSPS) is 10.3. The third kappa shape index (κ3) is 3.32. The number of rotatable bonds is 3. The minimum absolute atomic E-state index is 0.973. The summed E-state index contributed by atoms with van der Waals surface area (Å²) in [5.74, 6) is 0.973. The molecular formula is C6H13I. The Kier molecular flexibility index (Phi) is 5.39. The molecule has 0 aliphatic carbocycles. The zero-order valence-electron chi connectivity index (χ0n) is 5.08. The van der Waals surface area contributed by atoms with Gasteiger partial charge in [-0.3, -0.25) is 0 Å². The van der Waals surface area contributed by atoms with Crippen molar-refractivity contribution in [1.82, 2.24) is 0 Å². The van der Waals surface area contributed by atoms with E-state index in [2.05, 4.69) is 36.4 Å². The number of halogens is 1. The van der Waals surface area contributed by atoms with Crippen LogP contribution in [0.2, 0.25) is 0 Å². The van der Waals surface area contributed by atoms with Crippen LogP contribution in [0, 0.1) is 5.92 Å². The molecule has 0 rings (SSSR count). The SMILES string of the molecule is CCC(CC)CI. The monoisotopic (exact) mass is 212 g/mol. The van der Waals surface area contributed by atoms with Crippen LogP contribution < -0.4 is 0 Å². The van der Waals surface area contributed by atoms with Crippen LogP contribution >= 0.6 is 22.6 Å². The second-order valence-corrected chi connectivity index (χ2v) is 2.72. The summed E-state index contributed by atoms with van der Waals surface area (Å²) in [5, 5.41) is 0. The van der Waals surface area contributed by atoms with Crippen LogP contribution in [-0.2, 0) is 0 Å². The quantitative estimate of drug-likeness (QED) is 0.498. The molecule has 0 heterocycles. The average Bonchev–Trinajstić information content (AvgIpc) is 1.72. The molecule has 0 aromatic rings. The average molecular weight is 212 g/mol. The lowest BCUT2D eigenvalue weighted by Crippen LogP contribution is -1.95. The van der Waals surface area contributed by atoms with Gasteiger partial charge in [0.1, 0.15) is 0 Å². The molecule has 0 N–H and O–H groups in total. The van der Waals surface area contributed by atoms with Crippen molar-refractivity contribution in [1.29, 1.82) is 0 Å². The summed E-state index contributed by atoms with van der Waals surface area (Å²) < 4.78 is 1.32. The highest BCUT2D eigenvalue weighted by Gasteiger charge is 1.96. The lowest BCUT2D eigenvalue weighted by molar-refractivity contribution is 0.561. The van der Waals surface area contributed by atoms with Gasteiger partial charge in [0.25, 0.3) is 0 Å². The Morgan fingerprint density at radius 1 is 1.29 bits per heavy atom. The highest BCUT2D eigenvalue weighted by atomic mass is 127. The van der Waals surface area contributed by atoms with Crippen LogP contribution in [-0.4, -0.2) is 4.43 Å². The highest BCUT2D eigenvalue weighted by Crippen LogP contribution is 2.09. The topological polar surface area (TPSA) is 0 Å². The first kappa shape index (κ1) is 7.73. The number of hydrogen-bond donors (Lipinski definition) is 0. The van der Waals surface area contributed by atoms with E-state index in [-0.39, 0.29) is 0 Å². The van der Waals surface area contributed by atoms with Gasteiger partial charge in [-0.25, -0.2) is 0 Å². The third-order valence-electron chi connectivity index (χ3n) is 1.37. The van der Waals surface area contributed by atoms with Crippen molar-refractivity contribution >= 4 is 22.6 Å². The van der Waals surface area contributed by atoms with Crippen molar-refractivity contribution in [2.45, 2.75) is 26.7 Å². The molecule has 0 bridgehead atoms. The van der Waals surface area contributed by atoms with Gasteiger partial charge in [0.05, 0.1) is 0 Å². The maximum Gasteiger partial charge on any atom is 0.00234 e. The molecule has 0 saturated carbocycles. The van der Waals surface area contributed by atoms with E-state index in [4.69, 9.17) is 0 Å². The second-order valence-electron chi connectivity index (χ2n) is 1.84. The third-order valence-corrected chi connectivity index (χ3v) is 2.62. The first-order chi connectivity index (χ1) is 3.35. The van der Waals surface area contributed by atoms with E-state index in [0.717, 1.165) is 5.92 Å². The Hall–Kier alpha value is 0.730. The smallest absolute Gasteiger partial charge is 0.00234 e. The van der Waals surface area contributed by atoms with E-state index in [1.165, 1.54) is 17.3 Å². The first-order valence-corrected chi connectivity index (χ1v) is 4.43. The Balaban J connectivity index is 2.99. The number of alkyl halides is 1. The molecule has 0 spiro atoms. The van der Waals surface area contributed by atoms with Gasteiger partial charge in [-0.1, -0.05) is 49.3 Å². The van der Waals surface area contributed by atoms with E-state index in [9.17, 15) is 0 Å². The molecule has 44 valence electrons. The van der Waals surface area contributed by atoms with Gasteiger partial charge < -0.3 is 0 Å². The van der Waals surface area contributed by atoms with Crippen molar-refractivity contribution < 1.29 is 0 Å². The predicted molar refractivity (Wildman–Crippen MR) is 43.0 cm³/mol. The summed E-state index contributed by atoms with van der Waals surface area (Å²) in [6.07, 6.45) is 2.69. The zero-order chi connectivity index (χ0) is 5.70. The molecular weight excluding hydrogens is 199 g/mol. The molecule has 0 nitrogen and oxygen atoms in total. The standard InChI is InChI=1S/C6H13I/c1-3-6(4-2)5-7/h6H,3-5H2,1-2H3. The maximum atomic E-state index is 2.45. The molecule has 0 unspecified atom stereocenters. The second kappa shape index (κ2) is 4.88. The summed E-state index contributed by atoms with van der Waals surface area (Å²) in [5.41, 5.74) is 0. The maximum absolute atomic E-state index is 2.45. The lowest BCUT2D eigenvalue weighted by Gasteiger charge is -2.04. The van der Waals surface area contributed by atoms with Crippen LogP contribution in [0.1, 0.15) is 26.7 Å². The van der Waals surface area contributed by atoms with E-state index in [1.807, 2.05) is 0 Å². The predicted octanol–water partition coefficient (Wildman–Crippen LogP) is 2.86. The fourth-order valence-corrected chi connectivity index (χ4v) is 1.75. The van der Waals surface area contributed by atoms with Crippen molar-refractivity contribution in [3.8, 4) is 0 Å². The minimum atomic E-state index is 0.973. The fraction of sp³-hybridized carbons (Fsp3) is 1.00. The van der Waals surface area contributed by atoms with E-state index in [0.29, 0.717) is 0 Å². The minimum Gasteiger partial charge on any atom is -0.0861 e. The molecule has 1 heteroatoms. The van der Waals surface area contributed by atoms with Gasteiger partial charge in [0.15, 0.2) is 0 Å². The summed E-state index contributed by atoms with van der Waals surface area (Å²) >= 11 is 2.45. The van der Waals surface area contributed by atoms with Crippen LogP contribution in [0.4, 0.5) is 0 Å². The summed E-state index contributed by atoms with van der Waals surface area (Å²) in [6.45, 7) is 4.51. The van der Waals surface area contributed by atoms with Gasteiger partial charge >= 0.3 is 0 Å². The molecule has 0 amide bonds. The van der Waals surface area contributed by atoms with E-state index < -0.39 is 0 Å². The molecule has 0 saturated heterocycles. The molecule has 0 fully saturated rings. The Morgan fingerprint density at radius 3 is 1.71 bits per heavy atom. The van der Waals surface area contributed by atoms with Gasteiger partial charge in [-0.2, -0.15) is 0 Å². The van der Waals surface area contributed by atoms with Crippen LogP contribution in [0.25, 0.3) is 0 Å². The van der Waals surface area contributed by atoms with E-state index in [1.54, 1.807) is 0 Å². The van der Waals surface area contributed by atoms with Crippen LogP contribution in [0.3, 0.4) is 0 Å². The van der Waals surface area contributed by atoms with Gasteiger partial charge in [0.2, 0.25) is 0 Å². The number of hydrogen-bond acceptors (Lipinski definition) is 0. The van der Waals surface area contributed by atoms with Gasteiger partial charge in [-0.15, -0.1) is 0 Å². The Labute approximate surface area is 59.8 Å². The Bertz CT molecular complexity index is 25.7. The zero-order valence-corrected chi connectivity index (χ0v) is 7.23. The molecule has 0 aromatic carbocycles. The fourth-order valence-electron chi connectivity index (χ4n) is 0.507. The van der Waals surface area contributed by atoms with Gasteiger partial charge in [-0.05, 0) is 5.92 Å². The largest absolute Gasteiger partial charge is 0.0861 e. The molecule has 7 heavy (non-hydrogen) atoms. The molecule has 0 aromatic heterocycles. The van der Waals surface area contributed by atoms with Crippen molar-refractivity contribution in [2.24, 2.45) is 5.92 Å². The summed E-state index contributed by atoms with van der Waals surface area (Å²) in [6, 6.07) is 0. The Morgan fingerprint density at radius 2 is 1.71 bits per heavy atom. The summed E-state index contributed by atoms with van der Waals surface area (Å²) in [7, 11) is 0. The van der Waals surface area contributed by atoms with Crippen molar-refractivity contribution in [3.05, 3.63) is 0 Å². The van der Waals surface area contributed by atoms with Crippen LogP contribution in [0.15, 0.2) is 0 Å². The summed E-state index contributed by atoms with van der Waals surface area (Å²) in [4.78, 5) is 0. The van der Waals surface area contributed by atoms with Crippen molar-refractivity contribution in [3.63, 3.8) is 0 Å². The molecule has 0 radical (unpaired) electrons. The molecule has 0 atom stereocenters. The molecule has 0 aliphatic heterocycles. The van der Waals surface area contributed by atoms with E-state index >= 15 is 0 Å². The van der Waals surface area contributed by atoms with Gasteiger partial charge in [0, 0.05) is 4.43 Å². The first-order valence-electron chi connectivity index (χ1n) is 2.91. The highest BCUT2D eigenvalue weighted by molar-refractivity contribution is 14.1. The lowest BCUT2D eigenvalue weighted by atomic mass is 10.1. The molecule has 0 aliphatic rings. The van der Waals surface area contributed by atoms with Crippen LogP contribution in [0.5, 0.6) is 0 Å².